The monoisotopic (exact) mass is 642 g/mol. The van der Waals surface area contributed by atoms with Crippen molar-refractivity contribution in [1.29, 1.82) is 0 Å². The topological polar surface area (TPSA) is 124 Å². The summed E-state index contributed by atoms with van der Waals surface area (Å²) in [6.45, 7) is 1.93. The molecule has 198 valence electrons. The van der Waals surface area contributed by atoms with Crippen LogP contribution in [-0.4, -0.2) is 68.3 Å². The van der Waals surface area contributed by atoms with Gasteiger partial charge in [-0.1, -0.05) is 31.9 Å². The van der Waals surface area contributed by atoms with E-state index in [1.165, 1.54) is 19.2 Å². The minimum absolute atomic E-state index is 0.199. The first-order chi connectivity index (χ1) is 17.6. The molecule has 0 unspecified atom stereocenters. The maximum absolute atomic E-state index is 13.0. The van der Waals surface area contributed by atoms with Gasteiger partial charge in [-0.3, -0.25) is 9.59 Å². The Hall–Kier alpha value is -2.80. The fraction of sp³-hybridized carbons (Fsp3) is 0.360. The summed E-state index contributed by atoms with van der Waals surface area (Å²) < 4.78 is 34.6. The number of carbonyl (C=O) groups excluding carboxylic acids is 4. The Morgan fingerprint density at radius 1 is 0.730 bits per heavy atom. The molecule has 1 aliphatic heterocycles. The van der Waals surface area contributed by atoms with Crippen LogP contribution in [0.25, 0.3) is 0 Å². The summed E-state index contributed by atoms with van der Waals surface area (Å²) in [6.07, 6.45) is -6.29. The van der Waals surface area contributed by atoms with E-state index in [0.717, 1.165) is 22.8 Å². The highest BCUT2D eigenvalue weighted by atomic mass is 79.9. The van der Waals surface area contributed by atoms with Gasteiger partial charge in [-0.2, -0.15) is 0 Å². The Labute approximate surface area is 229 Å². The van der Waals surface area contributed by atoms with Crippen molar-refractivity contribution in [3.63, 3.8) is 0 Å². The normalized spacial score (nSPS) is 23.0. The Morgan fingerprint density at radius 3 is 1.70 bits per heavy atom. The molecule has 1 heterocycles. The molecule has 2 aromatic rings. The van der Waals surface area contributed by atoms with Crippen LogP contribution >= 0.6 is 31.9 Å². The SMILES string of the molecule is CO[C@H]1O[C@H](COC(=O)c2ccc(Br)cc2)[C@@H](OC(C)=O)[C@H](OC(=O)c2ccc(Br)cc2)[C@H]1OC(C)=O. The number of methoxy groups -OCH3 is 1. The van der Waals surface area contributed by atoms with Gasteiger partial charge < -0.3 is 28.4 Å². The fourth-order valence-corrected chi connectivity index (χ4v) is 4.12. The number of hydrogen-bond acceptors (Lipinski definition) is 10. The second-order valence-corrected chi connectivity index (χ2v) is 9.74. The summed E-state index contributed by atoms with van der Waals surface area (Å²) in [5, 5.41) is 0. The molecule has 3 rings (SSSR count). The molecule has 10 nitrogen and oxygen atoms in total. The quantitative estimate of drug-likeness (QED) is 0.310. The highest BCUT2D eigenvalue weighted by molar-refractivity contribution is 9.10. The van der Waals surface area contributed by atoms with E-state index in [4.69, 9.17) is 28.4 Å². The summed E-state index contributed by atoms with van der Waals surface area (Å²) in [7, 11) is 1.30. The molecule has 0 radical (unpaired) electrons. The fourth-order valence-electron chi connectivity index (χ4n) is 3.59. The lowest BCUT2D eigenvalue weighted by atomic mass is 9.98. The molecule has 1 aliphatic rings. The molecule has 2 aromatic carbocycles. The van der Waals surface area contributed by atoms with E-state index in [1.807, 2.05) is 0 Å². The average molecular weight is 644 g/mol. The maximum Gasteiger partial charge on any atom is 0.338 e. The van der Waals surface area contributed by atoms with Crippen molar-refractivity contribution >= 4 is 55.7 Å². The Balaban J connectivity index is 1.89. The third-order valence-corrected chi connectivity index (χ3v) is 6.27. The molecule has 0 aliphatic carbocycles. The van der Waals surface area contributed by atoms with E-state index in [-0.39, 0.29) is 17.7 Å². The molecule has 0 aromatic heterocycles. The van der Waals surface area contributed by atoms with E-state index in [9.17, 15) is 19.2 Å². The van der Waals surface area contributed by atoms with E-state index < -0.39 is 54.6 Å². The number of ether oxygens (including phenoxy) is 6. The zero-order chi connectivity index (χ0) is 27.1. The van der Waals surface area contributed by atoms with Gasteiger partial charge in [0.1, 0.15) is 12.7 Å². The second-order valence-electron chi connectivity index (χ2n) is 7.91. The Morgan fingerprint density at radius 2 is 1.22 bits per heavy atom. The van der Waals surface area contributed by atoms with Crippen molar-refractivity contribution in [3.8, 4) is 0 Å². The standard InChI is InChI=1S/C25H24Br2O10/c1-13(28)34-20-19(12-33-23(30)15-4-8-17(26)9-5-15)36-25(32-3)22(35-14(2)29)21(20)37-24(31)16-6-10-18(27)11-7-16/h4-11,19-22,25H,12H2,1-3H3/t19-,20-,21+,22-,25+/m1/s1. The van der Waals surface area contributed by atoms with Crippen LogP contribution in [0.3, 0.4) is 0 Å². The molecule has 0 amide bonds. The lowest BCUT2D eigenvalue weighted by Gasteiger charge is -2.43. The van der Waals surface area contributed by atoms with Crippen LogP contribution < -0.4 is 0 Å². The van der Waals surface area contributed by atoms with Crippen molar-refractivity contribution in [2.45, 2.75) is 44.6 Å². The molecular weight excluding hydrogens is 620 g/mol. The first-order valence-corrected chi connectivity index (χ1v) is 12.6. The highest BCUT2D eigenvalue weighted by Gasteiger charge is 2.52. The maximum atomic E-state index is 13.0. The molecule has 1 fully saturated rings. The van der Waals surface area contributed by atoms with Crippen LogP contribution in [0.5, 0.6) is 0 Å². The summed E-state index contributed by atoms with van der Waals surface area (Å²) in [5.74, 6) is -2.85. The van der Waals surface area contributed by atoms with Crippen LogP contribution in [0.2, 0.25) is 0 Å². The minimum Gasteiger partial charge on any atom is -0.459 e. The molecule has 37 heavy (non-hydrogen) atoms. The lowest BCUT2D eigenvalue weighted by Crippen LogP contribution is -2.62. The van der Waals surface area contributed by atoms with Gasteiger partial charge in [0.15, 0.2) is 24.6 Å². The first-order valence-electron chi connectivity index (χ1n) is 11.0. The van der Waals surface area contributed by atoms with Gasteiger partial charge >= 0.3 is 23.9 Å². The summed E-state index contributed by atoms with van der Waals surface area (Å²) in [6, 6.07) is 12.8. The van der Waals surface area contributed by atoms with Crippen molar-refractivity contribution in [1.82, 2.24) is 0 Å². The minimum atomic E-state index is -1.35. The number of carbonyl (C=O) groups is 4. The van der Waals surface area contributed by atoms with Crippen molar-refractivity contribution < 1.29 is 47.6 Å². The Kier molecular flexibility index (Phi) is 10.2. The number of benzene rings is 2. The number of esters is 4. The molecule has 12 heteroatoms. The number of hydrogen-bond donors (Lipinski definition) is 0. The van der Waals surface area contributed by atoms with E-state index in [2.05, 4.69) is 31.9 Å². The molecule has 0 spiro atoms. The third-order valence-electron chi connectivity index (χ3n) is 5.21. The van der Waals surface area contributed by atoms with E-state index in [1.54, 1.807) is 36.4 Å². The molecule has 1 saturated heterocycles. The van der Waals surface area contributed by atoms with Gasteiger partial charge in [0, 0.05) is 29.9 Å². The van der Waals surface area contributed by atoms with Gasteiger partial charge in [-0.25, -0.2) is 9.59 Å². The second kappa shape index (κ2) is 13.1. The Bertz CT molecular complexity index is 1120. The molecule has 0 saturated carbocycles. The smallest absolute Gasteiger partial charge is 0.338 e. The lowest BCUT2D eigenvalue weighted by molar-refractivity contribution is -0.298. The predicted octanol–water partition coefficient (Wildman–Crippen LogP) is 3.83. The predicted molar refractivity (Wildman–Crippen MR) is 135 cm³/mol. The van der Waals surface area contributed by atoms with Crippen LogP contribution in [0.15, 0.2) is 57.5 Å². The number of rotatable bonds is 8. The zero-order valence-corrected chi connectivity index (χ0v) is 23.2. The van der Waals surface area contributed by atoms with Crippen molar-refractivity contribution in [3.05, 3.63) is 68.6 Å². The van der Waals surface area contributed by atoms with Crippen LogP contribution in [-0.2, 0) is 38.0 Å². The van der Waals surface area contributed by atoms with E-state index >= 15 is 0 Å². The van der Waals surface area contributed by atoms with Gasteiger partial charge in [0.2, 0.25) is 0 Å². The summed E-state index contributed by atoms with van der Waals surface area (Å²) in [4.78, 5) is 49.4. The first kappa shape index (κ1) is 28.8. The largest absolute Gasteiger partial charge is 0.459 e. The van der Waals surface area contributed by atoms with E-state index in [0.29, 0.717) is 0 Å². The molecule has 0 bridgehead atoms. The zero-order valence-electron chi connectivity index (χ0n) is 20.1. The van der Waals surface area contributed by atoms with Crippen molar-refractivity contribution in [2.75, 3.05) is 13.7 Å². The summed E-state index contributed by atoms with van der Waals surface area (Å²) >= 11 is 6.59. The molecular formula is C25H24Br2O10. The average Bonchev–Trinajstić information content (AvgIpc) is 2.85. The number of halogens is 2. The molecule has 0 N–H and O–H groups in total. The molecule has 5 atom stereocenters. The van der Waals surface area contributed by atoms with Crippen LogP contribution in [0.1, 0.15) is 34.6 Å². The van der Waals surface area contributed by atoms with Crippen LogP contribution in [0.4, 0.5) is 0 Å². The van der Waals surface area contributed by atoms with Gasteiger partial charge in [0.05, 0.1) is 11.1 Å². The summed E-state index contributed by atoms with van der Waals surface area (Å²) in [5.41, 5.74) is 0.479. The van der Waals surface area contributed by atoms with Gasteiger partial charge in [0.25, 0.3) is 0 Å². The van der Waals surface area contributed by atoms with Gasteiger partial charge in [-0.05, 0) is 48.5 Å². The van der Waals surface area contributed by atoms with Crippen molar-refractivity contribution in [2.24, 2.45) is 0 Å². The van der Waals surface area contributed by atoms with Gasteiger partial charge in [-0.15, -0.1) is 0 Å². The van der Waals surface area contributed by atoms with Crippen LogP contribution in [0, 0.1) is 0 Å². The highest BCUT2D eigenvalue weighted by Crippen LogP contribution is 2.30. The third kappa shape index (κ3) is 7.84.